The van der Waals surface area contributed by atoms with Crippen LogP contribution < -0.4 is 16.8 Å². The predicted molar refractivity (Wildman–Crippen MR) is 70.0 cm³/mol. The third-order valence-electron chi connectivity index (χ3n) is 2.94. The highest BCUT2D eigenvalue weighted by Crippen LogP contribution is 2.21. The van der Waals surface area contributed by atoms with Crippen molar-refractivity contribution in [2.24, 2.45) is 21.5 Å². The van der Waals surface area contributed by atoms with Crippen LogP contribution in [0.25, 0.3) is 0 Å². The van der Waals surface area contributed by atoms with Crippen molar-refractivity contribution in [3.63, 3.8) is 0 Å². The molecule has 2 aliphatic heterocycles. The zero-order valence-electron chi connectivity index (χ0n) is 9.80. The summed E-state index contributed by atoms with van der Waals surface area (Å²) in [6, 6.07) is 3.85. The Balaban J connectivity index is 1.92. The molecular formula is C12H14N6. The summed E-state index contributed by atoms with van der Waals surface area (Å²) in [6.07, 6.45) is 5.94. The lowest BCUT2D eigenvalue weighted by Gasteiger charge is -2.26. The molecule has 0 radical (unpaired) electrons. The maximum atomic E-state index is 6.27. The average molecular weight is 242 g/mol. The molecule has 3 rings (SSSR count). The van der Waals surface area contributed by atoms with Gasteiger partial charge in [0.1, 0.15) is 23.9 Å². The van der Waals surface area contributed by atoms with Crippen molar-refractivity contribution in [1.29, 1.82) is 0 Å². The van der Waals surface area contributed by atoms with Crippen LogP contribution in [0.4, 0.5) is 0 Å². The molecule has 1 aromatic rings. The summed E-state index contributed by atoms with van der Waals surface area (Å²) in [4.78, 5) is 12.6. The monoisotopic (exact) mass is 242 g/mol. The predicted octanol–water partition coefficient (Wildman–Crippen LogP) is -0.464. The molecule has 0 fully saturated rings. The Morgan fingerprint density at radius 3 is 3.11 bits per heavy atom. The summed E-state index contributed by atoms with van der Waals surface area (Å²) in [6.45, 7) is 0.528. The first-order valence-electron chi connectivity index (χ1n) is 5.71. The number of dihydropyridines is 1. The zero-order valence-corrected chi connectivity index (χ0v) is 9.80. The highest BCUT2D eigenvalue weighted by Gasteiger charge is 2.32. The number of aliphatic imine (C=N–C) groups is 2. The molecule has 0 spiro atoms. The van der Waals surface area contributed by atoms with Gasteiger partial charge in [0, 0.05) is 18.8 Å². The quantitative estimate of drug-likeness (QED) is 0.652. The summed E-state index contributed by atoms with van der Waals surface area (Å²) in [5, 5.41) is 3.13. The van der Waals surface area contributed by atoms with Crippen molar-refractivity contribution in [2.45, 2.75) is 12.1 Å². The molecule has 0 amide bonds. The first kappa shape index (κ1) is 10.9. The highest BCUT2D eigenvalue weighted by atomic mass is 15.2. The van der Waals surface area contributed by atoms with E-state index in [9.17, 15) is 0 Å². The largest absolute Gasteiger partial charge is 0.382 e. The standard InChI is InChI=1S/C12H14N6/c13-11-10-9(16-7-17-10)5-12(14,18-11)4-8-2-1-3-15-6-8/h1-3,5-6,16H,4,7,14H2,(H2,13,18). The fraction of sp³-hybridized carbons (Fsp3) is 0.250. The van der Waals surface area contributed by atoms with E-state index in [-0.39, 0.29) is 0 Å². The van der Waals surface area contributed by atoms with Crippen LogP contribution in [0.15, 0.2) is 46.3 Å². The molecule has 18 heavy (non-hydrogen) atoms. The van der Waals surface area contributed by atoms with Crippen LogP contribution in [-0.2, 0) is 6.42 Å². The molecule has 1 atom stereocenters. The van der Waals surface area contributed by atoms with Crippen molar-refractivity contribution in [2.75, 3.05) is 6.67 Å². The molecule has 0 bridgehead atoms. The number of hydrogen-bond acceptors (Lipinski definition) is 6. The summed E-state index contributed by atoms with van der Waals surface area (Å²) < 4.78 is 0. The third-order valence-corrected chi connectivity index (χ3v) is 2.94. The molecule has 1 aromatic heterocycles. The van der Waals surface area contributed by atoms with Crippen LogP contribution in [0.1, 0.15) is 5.56 Å². The van der Waals surface area contributed by atoms with E-state index < -0.39 is 5.66 Å². The van der Waals surface area contributed by atoms with Crippen LogP contribution in [0, 0.1) is 0 Å². The number of nitrogens with one attached hydrogen (secondary N) is 1. The molecule has 3 heterocycles. The Hall–Kier alpha value is -2.21. The lowest BCUT2D eigenvalue weighted by atomic mass is 9.97. The van der Waals surface area contributed by atoms with Crippen molar-refractivity contribution >= 4 is 11.5 Å². The molecule has 0 aliphatic carbocycles. The van der Waals surface area contributed by atoms with E-state index in [0.717, 1.165) is 11.3 Å². The van der Waals surface area contributed by atoms with Crippen molar-refractivity contribution in [3.05, 3.63) is 41.9 Å². The normalized spacial score (nSPS) is 25.7. The Labute approximate surface area is 105 Å². The van der Waals surface area contributed by atoms with Gasteiger partial charge in [-0.15, -0.1) is 0 Å². The van der Waals surface area contributed by atoms with E-state index in [1.165, 1.54) is 0 Å². The van der Waals surface area contributed by atoms with Crippen molar-refractivity contribution < 1.29 is 0 Å². The Morgan fingerprint density at radius 2 is 2.33 bits per heavy atom. The van der Waals surface area contributed by atoms with E-state index in [1.807, 2.05) is 18.2 Å². The van der Waals surface area contributed by atoms with Crippen molar-refractivity contribution in [3.8, 4) is 0 Å². The van der Waals surface area contributed by atoms with E-state index >= 15 is 0 Å². The summed E-state index contributed by atoms with van der Waals surface area (Å²) in [5.41, 5.74) is 13.9. The highest BCUT2D eigenvalue weighted by molar-refractivity contribution is 6.48. The minimum atomic E-state index is -0.835. The number of amidine groups is 1. The van der Waals surface area contributed by atoms with Gasteiger partial charge in [0.15, 0.2) is 0 Å². The fourth-order valence-corrected chi connectivity index (χ4v) is 2.19. The fourth-order valence-electron chi connectivity index (χ4n) is 2.19. The number of fused-ring (bicyclic) bond motifs is 1. The van der Waals surface area contributed by atoms with E-state index in [1.54, 1.807) is 12.4 Å². The van der Waals surface area contributed by atoms with Crippen LogP contribution in [0.3, 0.4) is 0 Å². The van der Waals surface area contributed by atoms with Gasteiger partial charge >= 0.3 is 0 Å². The molecule has 6 heteroatoms. The maximum Gasteiger partial charge on any atom is 0.148 e. The smallest absolute Gasteiger partial charge is 0.148 e. The minimum Gasteiger partial charge on any atom is -0.382 e. The first-order valence-corrected chi connectivity index (χ1v) is 5.71. The molecule has 92 valence electrons. The van der Waals surface area contributed by atoms with Gasteiger partial charge in [-0.25, -0.2) is 4.99 Å². The Bertz CT molecular complexity index is 559. The number of hydrogen-bond donors (Lipinski definition) is 3. The average Bonchev–Trinajstić information content (AvgIpc) is 2.77. The van der Waals surface area contributed by atoms with Gasteiger partial charge in [-0.2, -0.15) is 0 Å². The first-order chi connectivity index (χ1) is 8.66. The second-order valence-electron chi connectivity index (χ2n) is 4.43. The van der Waals surface area contributed by atoms with Gasteiger partial charge in [0.25, 0.3) is 0 Å². The lowest BCUT2D eigenvalue weighted by molar-refractivity contribution is 0.546. The van der Waals surface area contributed by atoms with Crippen LogP contribution in [0.2, 0.25) is 0 Å². The summed E-state index contributed by atoms with van der Waals surface area (Å²) in [5.74, 6) is 0.392. The van der Waals surface area contributed by atoms with E-state index in [0.29, 0.717) is 24.6 Å². The van der Waals surface area contributed by atoms with Gasteiger partial charge in [0.2, 0.25) is 0 Å². The van der Waals surface area contributed by atoms with Gasteiger partial charge in [0.05, 0.1) is 5.70 Å². The number of nitrogens with zero attached hydrogens (tertiary/aromatic N) is 3. The Morgan fingerprint density at radius 1 is 1.44 bits per heavy atom. The van der Waals surface area contributed by atoms with Crippen LogP contribution in [-0.4, -0.2) is 28.9 Å². The second kappa shape index (κ2) is 3.92. The Kier molecular flexibility index (Phi) is 2.38. The summed E-state index contributed by atoms with van der Waals surface area (Å²) in [7, 11) is 0. The van der Waals surface area contributed by atoms with E-state index in [2.05, 4.69) is 20.3 Å². The number of aromatic nitrogens is 1. The van der Waals surface area contributed by atoms with Crippen LogP contribution in [0.5, 0.6) is 0 Å². The third kappa shape index (κ3) is 1.86. The number of nitrogens with two attached hydrogens (primary N) is 2. The molecule has 1 unspecified atom stereocenters. The molecule has 0 saturated carbocycles. The molecule has 0 aromatic carbocycles. The maximum absolute atomic E-state index is 6.27. The van der Waals surface area contributed by atoms with Gasteiger partial charge in [-0.05, 0) is 17.7 Å². The number of rotatable bonds is 2. The zero-order chi connectivity index (χ0) is 12.6. The SMILES string of the molecule is NC1=NC(N)(Cc2cccnc2)C=C2NCN=C21. The second-order valence-corrected chi connectivity index (χ2v) is 4.43. The van der Waals surface area contributed by atoms with Gasteiger partial charge in [-0.3, -0.25) is 9.98 Å². The molecule has 5 N–H and O–H groups in total. The molecule has 6 nitrogen and oxygen atoms in total. The van der Waals surface area contributed by atoms with E-state index in [4.69, 9.17) is 11.5 Å². The topological polar surface area (TPSA) is 102 Å². The van der Waals surface area contributed by atoms with Crippen molar-refractivity contribution in [1.82, 2.24) is 10.3 Å². The molecular weight excluding hydrogens is 228 g/mol. The van der Waals surface area contributed by atoms with Gasteiger partial charge < -0.3 is 16.8 Å². The minimum absolute atomic E-state index is 0.392. The summed E-state index contributed by atoms with van der Waals surface area (Å²) >= 11 is 0. The molecule has 0 saturated heterocycles. The lowest BCUT2D eigenvalue weighted by Crippen LogP contribution is -2.46. The van der Waals surface area contributed by atoms with Gasteiger partial charge in [-0.1, -0.05) is 6.07 Å². The molecule has 2 aliphatic rings. The van der Waals surface area contributed by atoms with Crippen LogP contribution >= 0.6 is 0 Å². The number of pyridine rings is 1.